The van der Waals surface area contributed by atoms with E-state index in [2.05, 4.69) is 17.0 Å². The molecule has 0 spiro atoms. The van der Waals surface area contributed by atoms with Crippen molar-refractivity contribution in [1.82, 2.24) is 4.90 Å². The summed E-state index contributed by atoms with van der Waals surface area (Å²) in [7, 11) is 0. The topological polar surface area (TPSA) is 21.7 Å². The van der Waals surface area contributed by atoms with Gasteiger partial charge in [0.2, 0.25) is 0 Å². The minimum absolute atomic E-state index is 0. The number of hydrogen-bond acceptors (Lipinski definition) is 3. The van der Waals surface area contributed by atoms with E-state index in [-0.39, 0.29) is 12.4 Å². The number of nitrogens with zero attached hydrogens (tertiary/aromatic N) is 1. The Balaban J connectivity index is 0.00000182. The van der Waals surface area contributed by atoms with Crippen LogP contribution >= 0.6 is 12.4 Å². The number of benzene rings is 2. The second-order valence-corrected chi connectivity index (χ2v) is 7.12. The van der Waals surface area contributed by atoms with Crippen LogP contribution in [0.5, 0.6) is 11.5 Å². The summed E-state index contributed by atoms with van der Waals surface area (Å²) in [5.74, 6) is 1.82. The van der Waals surface area contributed by atoms with Gasteiger partial charge in [0.15, 0.2) is 0 Å². The SMILES string of the molecule is Cl.c1ccc(COc2ccc(OCCC34CCN(CC3)C4)cc2)cc1. The molecule has 25 heavy (non-hydrogen) atoms. The van der Waals surface area contributed by atoms with Crippen molar-refractivity contribution in [2.75, 3.05) is 26.2 Å². The van der Waals surface area contributed by atoms with Crippen molar-refractivity contribution >= 4 is 12.4 Å². The number of piperidine rings is 1. The van der Waals surface area contributed by atoms with E-state index in [9.17, 15) is 0 Å². The molecule has 2 heterocycles. The predicted octanol–water partition coefficient (Wildman–Crippen LogP) is 4.55. The summed E-state index contributed by atoms with van der Waals surface area (Å²) in [6, 6.07) is 18.2. The fraction of sp³-hybridized carbons (Fsp3) is 0.429. The van der Waals surface area contributed by atoms with Crippen molar-refractivity contribution in [3.63, 3.8) is 0 Å². The maximum absolute atomic E-state index is 5.96. The average Bonchev–Trinajstić information content (AvgIpc) is 3.23. The highest BCUT2D eigenvalue weighted by Gasteiger charge is 2.43. The van der Waals surface area contributed by atoms with Gasteiger partial charge in [0.1, 0.15) is 18.1 Å². The van der Waals surface area contributed by atoms with Gasteiger partial charge in [-0.25, -0.2) is 0 Å². The molecule has 0 aromatic heterocycles. The molecule has 0 amide bonds. The fourth-order valence-electron chi connectivity index (χ4n) is 3.91. The predicted molar refractivity (Wildman–Crippen MR) is 103 cm³/mol. The van der Waals surface area contributed by atoms with E-state index in [1.54, 1.807) is 0 Å². The smallest absolute Gasteiger partial charge is 0.120 e. The highest BCUT2D eigenvalue weighted by atomic mass is 35.5. The number of hydrogen-bond donors (Lipinski definition) is 0. The second kappa shape index (κ2) is 8.11. The van der Waals surface area contributed by atoms with E-state index in [0.717, 1.165) is 18.1 Å². The van der Waals surface area contributed by atoms with Gasteiger partial charge in [-0.1, -0.05) is 30.3 Å². The number of halogens is 1. The van der Waals surface area contributed by atoms with Crippen LogP contribution in [0.3, 0.4) is 0 Å². The lowest BCUT2D eigenvalue weighted by molar-refractivity contribution is 0.214. The zero-order chi connectivity index (χ0) is 16.2. The quantitative estimate of drug-likeness (QED) is 0.723. The summed E-state index contributed by atoms with van der Waals surface area (Å²) >= 11 is 0. The lowest BCUT2D eigenvalue weighted by Crippen LogP contribution is -2.22. The van der Waals surface area contributed by atoms with Crippen LogP contribution in [0.2, 0.25) is 0 Å². The van der Waals surface area contributed by atoms with Gasteiger partial charge >= 0.3 is 0 Å². The van der Waals surface area contributed by atoms with Crippen molar-refractivity contribution < 1.29 is 9.47 Å². The van der Waals surface area contributed by atoms with Crippen molar-refractivity contribution in [3.8, 4) is 11.5 Å². The Labute approximate surface area is 156 Å². The first-order valence-electron chi connectivity index (χ1n) is 8.93. The molecule has 2 aromatic rings. The van der Waals surface area contributed by atoms with E-state index in [1.165, 1.54) is 44.5 Å². The van der Waals surface area contributed by atoms with E-state index in [1.807, 2.05) is 42.5 Å². The molecular formula is C21H26ClNO2. The zero-order valence-corrected chi connectivity index (χ0v) is 15.3. The van der Waals surface area contributed by atoms with Crippen LogP contribution in [0.25, 0.3) is 0 Å². The Hall–Kier alpha value is -1.71. The third-order valence-corrected chi connectivity index (χ3v) is 5.45. The molecule has 0 unspecified atom stereocenters. The maximum Gasteiger partial charge on any atom is 0.120 e. The molecule has 2 aromatic carbocycles. The van der Waals surface area contributed by atoms with Crippen molar-refractivity contribution in [2.45, 2.75) is 25.9 Å². The van der Waals surface area contributed by atoms with Gasteiger partial charge in [0, 0.05) is 6.54 Å². The van der Waals surface area contributed by atoms with Crippen LogP contribution in [-0.2, 0) is 6.61 Å². The van der Waals surface area contributed by atoms with Crippen LogP contribution in [-0.4, -0.2) is 31.1 Å². The first-order valence-corrected chi connectivity index (χ1v) is 8.93. The number of ether oxygens (including phenoxy) is 2. The molecule has 0 N–H and O–H groups in total. The van der Waals surface area contributed by atoms with Gasteiger partial charge in [0.25, 0.3) is 0 Å². The molecule has 0 radical (unpaired) electrons. The number of fused-ring (bicyclic) bond motifs is 2. The van der Waals surface area contributed by atoms with E-state index in [0.29, 0.717) is 12.0 Å². The van der Waals surface area contributed by atoms with Crippen LogP contribution in [0.4, 0.5) is 0 Å². The molecule has 2 saturated heterocycles. The molecule has 2 fully saturated rings. The summed E-state index contributed by atoms with van der Waals surface area (Å²) in [4.78, 5) is 2.58. The third kappa shape index (κ3) is 4.47. The standard InChI is InChI=1S/C21H25NO2.ClH/c1-2-4-18(5-3-1)16-24-20-8-6-19(7-9-20)23-15-12-21-10-13-22(17-21)14-11-21;/h1-9H,10-17H2;1H. The first kappa shape index (κ1) is 18.1. The third-order valence-electron chi connectivity index (χ3n) is 5.45. The minimum atomic E-state index is 0. The second-order valence-electron chi connectivity index (χ2n) is 7.12. The first-order chi connectivity index (χ1) is 11.8. The lowest BCUT2D eigenvalue weighted by Gasteiger charge is -2.24. The lowest BCUT2D eigenvalue weighted by atomic mass is 9.82. The molecule has 0 saturated carbocycles. The van der Waals surface area contributed by atoms with E-state index < -0.39 is 0 Å². The molecule has 0 atom stereocenters. The minimum Gasteiger partial charge on any atom is -0.494 e. The van der Waals surface area contributed by atoms with Crippen LogP contribution < -0.4 is 9.47 Å². The van der Waals surface area contributed by atoms with Gasteiger partial charge in [-0.2, -0.15) is 0 Å². The van der Waals surface area contributed by atoms with Crippen molar-refractivity contribution in [1.29, 1.82) is 0 Å². The molecule has 2 bridgehead atoms. The summed E-state index contributed by atoms with van der Waals surface area (Å²) in [5.41, 5.74) is 1.72. The molecule has 3 nitrogen and oxygen atoms in total. The van der Waals surface area contributed by atoms with Gasteiger partial charge < -0.3 is 14.4 Å². The maximum atomic E-state index is 5.96. The Morgan fingerprint density at radius 1 is 0.840 bits per heavy atom. The van der Waals surface area contributed by atoms with Gasteiger partial charge in [-0.05, 0) is 67.6 Å². The Bertz CT molecular complexity index is 651. The average molecular weight is 360 g/mol. The molecule has 2 aliphatic heterocycles. The zero-order valence-electron chi connectivity index (χ0n) is 14.5. The molecule has 0 aliphatic carbocycles. The summed E-state index contributed by atoms with van der Waals surface area (Å²) in [6.07, 6.45) is 3.88. The van der Waals surface area contributed by atoms with Crippen molar-refractivity contribution in [3.05, 3.63) is 60.2 Å². The molecule has 4 heteroatoms. The molecule has 4 rings (SSSR count). The normalized spacial score (nSPS) is 23.9. The summed E-state index contributed by atoms with van der Waals surface area (Å²) < 4.78 is 11.8. The highest BCUT2D eigenvalue weighted by molar-refractivity contribution is 5.85. The van der Waals surface area contributed by atoms with Crippen LogP contribution in [0.15, 0.2) is 54.6 Å². The highest BCUT2D eigenvalue weighted by Crippen LogP contribution is 2.43. The van der Waals surface area contributed by atoms with Crippen LogP contribution in [0, 0.1) is 5.41 Å². The Kier molecular flexibility index (Phi) is 5.87. The molecule has 134 valence electrons. The largest absolute Gasteiger partial charge is 0.494 e. The molecule has 2 aliphatic rings. The fourth-order valence-corrected chi connectivity index (χ4v) is 3.91. The van der Waals surface area contributed by atoms with E-state index >= 15 is 0 Å². The number of rotatable bonds is 7. The van der Waals surface area contributed by atoms with Crippen molar-refractivity contribution in [2.24, 2.45) is 5.41 Å². The monoisotopic (exact) mass is 359 g/mol. The van der Waals surface area contributed by atoms with Gasteiger partial charge in [-0.15, -0.1) is 12.4 Å². The molecular weight excluding hydrogens is 334 g/mol. The summed E-state index contributed by atoms with van der Waals surface area (Å²) in [5, 5.41) is 0. The Morgan fingerprint density at radius 2 is 1.48 bits per heavy atom. The Morgan fingerprint density at radius 3 is 2.08 bits per heavy atom. The van der Waals surface area contributed by atoms with Gasteiger partial charge in [0.05, 0.1) is 6.61 Å². The van der Waals surface area contributed by atoms with Gasteiger partial charge in [-0.3, -0.25) is 0 Å². The van der Waals surface area contributed by atoms with E-state index in [4.69, 9.17) is 9.47 Å². The van der Waals surface area contributed by atoms with Crippen LogP contribution in [0.1, 0.15) is 24.8 Å². The summed E-state index contributed by atoms with van der Waals surface area (Å²) in [6.45, 7) is 5.27.